The zero-order valence-electron chi connectivity index (χ0n) is 9.96. The Hall–Kier alpha value is -1.35. The van der Waals surface area contributed by atoms with Gasteiger partial charge < -0.3 is 4.74 Å². The van der Waals surface area contributed by atoms with Gasteiger partial charge in [0.15, 0.2) is 5.78 Å². The van der Waals surface area contributed by atoms with Crippen molar-refractivity contribution in [1.82, 2.24) is 0 Å². The molecule has 0 spiro atoms. The van der Waals surface area contributed by atoms with Crippen LogP contribution in [0.1, 0.15) is 35.7 Å². The van der Waals surface area contributed by atoms with E-state index in [0.29, 0.717) is 10.6 Å². The highest BCUT2D eigenvalue weighted by Crippen LogP contribution is 2.19. The van der Waals surface area contributed by atoms with Gasteiger partial charge in [-0.25, -0.2) is 0 Å². The minimum atomic E-state index is -0.380. The van der Waals surface area contributed by atoms with E-state index >= 15 is 0 Å². The first kappa shape index (κ1) is 13.7. The first-order valence-corrected chi connectivity index (χ1v) is 5.84. The van der Waals surface area contributed by atoms with Crippen LogP contribution in [-0.4, -0.2) is 18.9 Å². The monoisotopic (exact) mass is 254 g/mol. The fourth-order valence-corrected chi connectivity index (χ4v) is 1.78. The molecule has 0 atom stereocenters. The minimum Gasteiger partial charge on any atom is -0.469 e. The Kier molecular flexibility index (Phi) is 5.16. The summed E-state index contributed by atoms with van der Waals surface area (Å²) in [7, 11) is 1.31. The summed E-state index contributed by atoms with van der Waals surface area (Å²) in [4.78, 5) is 22.7. The van der Waals surface area contributed by atoms with E-state index in [1.807, 2.05) is 13.0 Å². The van der Waals surface area contributed by atoms with Gasteiger partial charge in [-0.1, -0.05) is 30.7 Å². The third-order valence-corrected chi connectivity index (χ3v) is 2.89. The number of aryl methyl sites for hydroxylation is 1. The normalized spacial score (nSPS) is 10.1. The predicted octanol–water partition coefficient (Wildman–Crippen LogP) is 3.04. The Morgan fingerprint density at radius 1 is 1.29 bits per heavy atom. The molecule has 0 saturated heterocycles. The molecule has 0 fully saturated rings. The zero-order chi connectivity index (χ0) is 12.8. The van der Waals surface area contributed by atoms with Gasteiger partial charge in [-0.15, -0.1) is 0 Å². The largest absolute Gasteiger partial charge is 0.469 e. The smallest absolute Gasteiger partial charge is 0.305 e. The molecule has 0 heterocycles. The highest BCUT2D eigenvalue weighted by atomic mass is 35.5. The Morgan fingerprint density at radius 2 is 2.00 bits per heavy atom. The van der Waals surface area contributed by atoms with E-state index in [-0.39, 0.29) is 24.6 Å². The maximum Gasteiger partial charge on any atom is 0.305 e. The molecule has 0 aliphatic heterocycles. The lowest BCUT2D eigenvalue weighted by Gasteiger charge is -2.04. The number of hydrogen-bond acceptors (Lipinski definition) is 3. The third kappa shape index (κ3) is 3.86. The summed E-state index contributed by atoms with van der Waals surface area (Å²) in [6, 6.07) is 5.23. The summed E-state index contributed by atoms with van der Waals surface area (Å²) >= 11 is 6.02. The first-order chi connectivity index (χ1) is 8.08. The SMILES string of the molecule is CCc1ccc(C(=O)CCC(=O)OC)cc1Cl. The van der Waals surface area contributed by atoms with Gasteiger partial charge in [-0.3, -0.25) is 9.59 Å². The molecule has 92 valence electrons. The van der Waals surface area contributed by atoms with Crippen LogP contribution >= 0.6 is 11.6 Å². The quantitative estimate of drug-likeness (QED) is 0.599. The lowest BCUT2D eigenvalue weighted by Crippen LogP contribution is -2.06. The average Bonchev–Trinajstić information content (AvgIpc) is 2.35. The van der Waals surface area contributed by atoms with Crippen LogP contribution in [0, 0.1) is 0 Å². The maximum atomic E-state index is 11.8. The van der Waals surface area contributed by atoms with Crippen LogP contribution in [0.3, 0.4) is 0 Å². The summed E-state index contributed by atoms with van der Waals surface area (Å²) in [6.45, 7) is 2.00. The lowest BCUT2D eigenvalue weighted by atomic mass is 10.0. The van der Waals surface area contributed by atoms with E-state index in [9.17, 15) is 9.59 Å². The van der Waals surface area contributed by atoms with Crippen molar-refractivity contribution in [2.75, 3.05) is 7.11 Å². The number of methoxy groups -OCH3 is 1. The van der Waals surface area contributed by atoms with Crippen LogP contribution in [0.5, 0.6) is 0 Å². The molecule has 1 rings (SSSR count). The van der Waals surface area contributed by atoms with E-state index in [0.717, 1.165) is 12.0 Å². The standard InChI is InChI=1S/C13H15ClO3/c1-3-9-4-5-10(8-11(9)14)12(15)6-7-13(16)17-2/h4-5,8H,3,6-7H2,1-2H3. The van der Waals surface area contributed by atoms with Crippen molar-refractivity contribution in [1.29, 1.82) is 0 Å². The second kappa shape index (κ2) is 6.40. The Labute approximate surface area is 106 Å². The van der Waals surface area contributed by atoms with Gasteiger partial charge in [-0.05, 0) is 18.1 Å². The number of Topliss-reactive ketones (excluding diaryl/α,β-unsaturated/α-hetero) is 1. The van der Waals surface area contributed by atoms with Crippen LogP contribution in [0.25, 0.3) is 0 Å². The summed E-state index contributed by atoms with van der Waals surface area (Å²) in [5.74, 6) is -0.477. The average molecular weight is 255 g/mol. The number of hydrogen-bond donors (Lipinski definition) is 0. The Morgan fingerprint density at radius 3 is 2.53 bits per heavy atom. The summed E-state index contributed by atoms with van der Waals surface area (Å²) < 4.78 is 4.48. The lowest BCUT2D eigenvalue weighted by molar-refractivity contribution is -0.140. The molecule has 1 aromatic rings. The molecule has 0 amide bonds. The number of benzene rings is 1. The molecule has 4 heteroatoms. The number of rotatable bonds is 5. The number of carbonyl (C=O) groups is 2. The molecule has 0 N–H and O–H groups in total. The van der Waals surface area contributed by atoms with E-state index in [1.165, 1.54) is 7.11 Å². The van der Waals surface area contributed by atoms with Crippen molar-refractivity contribution in [3.63, 3.8) is 0 Å². The molecule has 3 nitrogen and oxygen atoms in total. The third-order valence-electron chi connectivity index (χ3n) is 2.54. The molecule has 0 saturated carbocycles. The van der Waals surface area contributed by atoms with Gasteiger partial charge in [0.1, 0.15) is 0 Å². The topological polar surface area (TPSA) is 43.4 Å². The summed E-state index contributed by atoms with van der Waals surface area (Å²) in [5, 5.41) is 0.594. The van der Waals surface area contributed by atoms with Crippen molar-refractivity contribution in [2.45, 2.75) is 26.2 Å². The molecule has 0 aromatic heterocycles. The number of carbonyl (C=O) groups excluding carboxylic acids is 2. The summed E-state index contributed by atoms with van der Waals surface area (Å²) in [5.41, 5.74) is 1.55. The molecule has 0 unspecified atom stereocenters. The highest BCUT2D eigenvalue weighted by Gasteiger charge is 2.10. The van der Waals surface area contributed by atoms with Gasteiger partial charge in [0.2, 0.25) is 0 Å². The number of esters is 1. The zero-order valence-corrected chi connectivity index (χ0v) is 10.7. The van der Waals surface area contributed by atoms with Gasteiger partial charge in [0.05, 0.1) is 13.5 Å². The van der Waals surface area contributed by atoms with E-state index < -0.39 is 0 Å². The van der Waals surface area contributed by atoms with Crippen LogP contribution in [-0.2, 0) is 16.0 Å². The number of ether oxygens (including phenoxy) is 1. The van der Waals surface area contributed by atoms with E-state index in [1.54, 1.807) is 12.1 Å². The molecule has 1 aromatic carbocycles. The van der Waals surface area contributed by atoms with Crippen LogP contribution < -0.4 is 0 Å². The molecule has 0 aliphatic rings. The highest BCUT2D eigenvalue weighted by molar-refractivity contribution is 6.31. The van der Waals surface area contributed by atoms with E-state index in [2.05, 4.69) is 4.74 Å². The second-order valence-electron chi connectivity index (χ2n) is 3.66. The van der Waals surface area contributed by atoms with Crippen molar-refractivity contribution >= 4 is 23.4 Å². The predicted molar refractivity (Wildman–Crippen MR) is 66.4 cm³/mol. The molecule has 0 bridgehead atoms. The van der Waals surface area contributed by atoms with Crippen molar-refractivity contribution < 1.29 is 14.3 Å². The molecule has 0 radical (unpaired) electrons. The number of halogens is 1. The fourth-order valence-electron chi connectivity index (χ4n) is 1.47. The second-order valence-corrected chi connectivity index (χ2v) is 4.07. The maximum absolute atomic E-state index is 11.8. The van der Waals surface area contributed by atoms with Crippen LogP contribution in [0.15, 0.2) is 18.2 Å². The minimum absolute atomic E-state index is 0.0973. The molecular formula is C13H15ClO3. The summed E-state index contributed by atoms with van der Waals surface area (Å²) in [6.07, 6.45) is 1.08. The Balaban J connectivity index is 2.69. The van der Waals surface area contributed by atoms with Crippen LogP contribution in [0.2, 0.25) is 5.02 Å². The molecule has 0 aliphatic carbocycles. The van der Waals surface area contributed by atoms with E-state index in [4.69, 9.17) is 11.6 Å². The van der Waals surface area contributed by atoms with Gasteiger partial charge in [-0.2, -0.15) is 0 Å². The molecule has 17 heavy (non-hydrogen) atoms. The Bertz CT molecular complexity index is 427. The first-order valence-electron chi connectivity index (χ1n) is 5.47. The number of ketones is 1. The van der Waals surface area contributed by atoms with Crippen molar-refractivity contribution in [3.8, 4) is 0 Å². The van der Waals surface area contributed by atoms with Crippen molar-refractivity contribution in [2.24, 2.45) is 0 Å². The van der Waals surface area contributed by atoms with Crippen LogP contribution in [0.4, 0.5) is 0 Å². The fraction of sp³-hybridized carbons (Fsp3) is 0.385. The van der Waals surface area contributed by atoms with Gasteiger partial charge in [0, 0.05) is 17.0 Å². The van der Waals surface area contributed by atoms with Crippen molar-refractivity contribution in [3.05, 3.63) is 34.3 Å². The van der Waals surface area contributed by atoms with Gasteiger partial charge in [0.25, 0.3) is 0 Å². The van der Waals surface area contributed by atoms with Gasteiger partial charge >= 0.3 is 5.97 Å². The molecular weight excluding hydrogens is 240 g/mol.